The topological polar surface area (TPSA) is 115 Å². The lowest BCUT2D eigenvalue weighted by Gasteiger charge is -2.44. The molecule has 1 aliphatic rings. The van der Waals surface area contributed by atoms with E-state index in [-0.39, 0.29) is 43.8 Å². The van der Waals surface area contributed by atoms with E-state index in [0.29, 0.717) is 0 Å². The average molecular weight is 732 g/mol. The van der Waals surface area contributed by atoms with Crippen molar-refractivity contribution in [1.82, 2.24) is 15.5 Å². The van der Waals surface area contributed by atoms with E-state index in [1.165, 1.54) is 4.90 Å². The highest BCUT2D eigenvalue weighted by molar-refractivity contribution is 6.99. The summed E-state index contributed by atoms with van der Waals surface area (Å²) in [5.41, 5.74) is -0.587. The van der Waals surface area contributed by atoms with Gasteiger partial charge in [0.2, 0.25) is 0 Å². The van der Waals surface area contributed by atoms with Crippen LogP contribution in [0.2, 0.25) is 5.04 Å². The Labute approximate surface area is 310 Å². The molecule has 0 aromatic heterocycles. The van der Waals surface area contributed by atoms with Gasteiger partial charge in [-0.3, -0.25) is 4.90 Å². The van der Waals surface area contributed by atoms with E-state index in [2.05, 4.69) is 55.7 Å². The molecule has 3 aromatic carbocycles. The molecule has 4 rings (SSSR count). The molecule has 1 fully saturated rings. The Morgan fingerprint density at radius 3 is 1.79 bits per heavy atom. The molecule has 1 saturated heterocycles. The summed E-state index contributed by atoms with van der Waals surface area (Å²) in [7, 11) is -2.94. The quantitative estimate of drug-likeness (QED) is 0.129. The zero-order chi connectivity index (χ0) is 38.2. The minimum absolute atomic E-state index is 0.0885. The van der Waals surface area contributed by atoms with Gasteiger partial charge in [-0.25, -0.2) is 14.4 Å². The summed E-state index contributed by atoms with van der Waals surface area (Å²) in [6.45, 7) is 18.1. The van der Waals surface area contributed by atoms with Crippen LogP contribution in [0.1, 0.15) is 74.3 Å². The Kier molecular flexibility index (Phi) is 13.3. The summed E-state index contributed by atoms with van der Waals surface area (Å²) >= 11 is 0. The van der Waals surface area contributed by atoms with E-state index in [4.69, 9.17) is 18.6 Å². The van der Waals surface area contributed by atoms with Crippen molar-refractivity contribution in [1.29, 1.82) is 0 Å². The molecule has 0 spiro atoms. The van der Waals surface area contributed by atoms with E-state index >= 15 is 0 Å². The molecule has 11 heteroatoms. The number of hydrogen-bond acceptors (Lipinski definition) is 8. The fourth-order valence-corrected chi connectivity index (χ4v) is 11.1. The van der Waals surface area contributed by atoms with Crippen LogP contribution in [0.3, 0.4) is 0 Å². The third-order valence-electron chi connectivity index (χ3n) is 8.71. The van der Waals surface area contributed by atoms with E-state index in [1.54, 1.807) is 20.8 Å². The van der Waals surface area contributed by atoms with Crippen LogP contribution in [-0.4, -0.2) is 80.4 Å². The number of benzene rings is 3. The number of hydrogen-bond donors (Lipinski definition) is 2. The predicted molar refractivity (Wildman–Crippen MR) is 206 cm³/mol. The maximum Gasteiger partial charge on any atom is 0.411 e. The van der Waals surface area contributed by atoms with Crippen molar-refractivity contribution in [2.45, 2.75) is 110 Å². The van der Waals surface area contributed by atoms with Gasteiger partial charge in [-0.05, 0) is 68.9 Å². The summed E-state index contributed by atoms with van der Waals surface area (Å²) in [4.78, 5) is 41.4. The van der Waals surface area contributed by atoms with Crippen LogP contribution in [-0.2, 0) is 30.0 Å². The predicted octanol–water partition coefficient (Wildman–Crippen LogP) is 6.17. The molecule has 1 heterocycles. The second kappa shape index (κ2) is 17.1. The number of likely N-dealkylation sites (tertiary alicyclic amines) is 1. The van der Waals surface area contributed by atoms with Crippen molar-refractivity contribution in [2.24, 2.45) is 0 Å². The lowest BCUT2D eigenvalue weighted by atomic mass is 10.1. The second-order valence-electron chi connectivity index (χ2n) is 16.4. The van der Waals surface area contributed by atoms with E-state index < -0.39 is 49.8 Å². The van der Waals surface area contributed by atoms with Gasteiger partial charge in [-0.1, -0.05) is 112 Å². The molecule has 10 nitrogen and oxygen atoms in total. The standard InChI is InChI=1S/C41H57N3O7Si/c1-39(2,3)50-37(46)42-26-32(29-49-52(41(7,8)9,33-21-15-11-16-22-33)34-23-17-12-18-24-34)43-31-25-35(44(27-31)38(47)51-40(4,5)6)36(45)48-28-30-19-13-10-14-20-30/h10-24,31-32,35,43H,25-29H2,1-9H3,(H,42,46)/t31-,32+,35-/m0/s1. The van der Waals surface area contributed by atoms with Crippen LogP contribution in [0, 0.1) is 0 Å². The van der Waals surface area contributed by atoms with Gasteiger partial charge in [0.15, 0.2) is 0 Å². The molecule has 0 radical (unpaired) electrons. The monoisotopic (exact) mass is 731 g/mol. The molecule has 3 aromatic rings. The summed E-state index contributed by atoms with van der Waals surface area (Å²) in [6.07, 6.45) is -0.853. The van der Waals surface area contributed by atoms with E-state index in [0.717, 1.165) is 15.9 Å². The third-order valence-corrected chi connectivity index (χ3v) is 13.7. The van der Waals surface area contributed by atoms with Crippen molar-refractivity contribution in [3.63, 3.8) is 0 Å². The highest BCUT2D eigenvalue weighted by atomic mass is 28.4. The van der Waals surface area contributed by atoms with Gasteiger partial charge < -0.3 is 29.3 Å². The fourth-order valence-electron chi connectivity index (χ4n) is 6.53. The van der Waals surface area contributed by atoms with Gasteiger partial charge in [-0.15, -0.1) is 0 Å². The lowest BCUT2D eigenvalue weighted by Crippen LogP contribution is -2.67. The maximum absolute atomic E-state index is 13.6. The zero-order valence-corrected chi connectivity index (χ0v) is 33.2. The molecule has 1 aliphatic heterocycles. The van der Waals surface area contributed by atoms with Gasteiger partial charge in [0.05, 0.1) is 6.61 Å². The SMILES string of the molecule is CC(C)(C)OC(=O)NC[C@H](CO[Si](c1ccccc1)(c1ccccc1)C(C)(C)C)N[C@H]1C[C@@H](C(=O)OCc2ccccc2)N(C(=O)OC(C)(C)C)C1. The number of alkyl carbamates (subject to hydrolysis) is 1. The molecular formula is C41H57N3O7Si. The number of ether oxygens (including phenoxy) is 3. The van der Waals surface area contributed by atoms with Crippen molar-refractivity contribution in [2.75, 3.05) is 19.7 Å². The number of rotatable bonds is 12. The first-order chi connectivity index (χ1) is 24.4. The first-order valence-electron chi connectivity index (χ1n) is 18.1. The normalized spacial score (nSPS) is 17.3. The number of amides is 2. The Balaban J connectivity index is 1.63. The van der Waals surface area contributed by atoms with Crippen LogP contribution in [0.4, 0.5) is 9.59 Å². The Bertz CT molecular complexity index is 1560. The van der Waals surface area contributed by atoms with Crippen LogP contribution >= 0.6 is 0 Å². The molecule has 0 unspecified atom stereocenters. The molecule has 0 saturated carbocycles. The smallest absolute Gasteiger partial charge is 0.411 e. The molecule has 2 amide bonds. The molecule has 282 valence electrons. The lowest BCUT2D eigenvalue weighted by molar-refractivity contribution is -0.150. The van der Waals surface area contributed by atoms with Crippen LogP contribution in [0.5, 0.6) is 0 Å². The van der Waals surface area contributed by atoms with Crippen molar-refractivity contribution in [3.8, 4) is 0 Å². The molecule has 2 N–H and O–H groups in total. The molecule has 0 bridgehead atoms. The number of esters is 1. The Morgan fingerprint density at radius 1 is 0.769 bits per heavy atom. The van der Waals surface area contributed by atoms with Crippen LogP contribution in [0.25, 0.3) is 0 Å². The maximum atomic E-state index is 13.6. The van der Waals surface area contributed by atoms with Crippen LogP contribution < -0.4 is 21.0 Å². The molecular weight excluding hydrogens is 675 g/mol. The van der Waals surface area contributed by atoms with E-state index in [1.807, 2.05) is 87.5 Å². The third kappa shape index (κ3) is 11.2. The summed E-state index contributed by atoms with van der Waals surface area (Å²) in [6, 6.07) is 28.5. The van der Waals surface area contributed by atoms with Crippen molar-refractivity contribution < 1.29 is 33.0 Å². The second-order valence-corrected chi connectivity index (χ2v) is 20.7. The van der Waals surface area contributed by atoms with Crippen molar-refractivity contribution in [3.05, 3.63) is 96.6 Å². The van der Waals surface area contributed by atoms with Crippen molar-refractivity contribution >= 4 is 36.8 Å². The first-order valence-corrected chi connectivity index (χ1v) is 20.0. The molecule has 0 aliphatic carbocycles. The minimum Gasteiger partial charge on any atom is -0.459 e. The average Bonchev–Trinajstić information content (AvgIpc) is 3.50. The van der Waals surface area contributed by atoms with Crippen LogP contribution in [0.15, 0.2) is 91.0 Å². The minimum atomic E-state index is -2.94. The Hall–Kier alpha value is -4.19. The van der Waals surface area contributed by atoms with Gasteiger partial charge in [0.1, 0.15) is 23.9 Å². The summed E-state index contributed by atoms with van der Waals surface area (Å²) in [5, 5.41) is 8.55. The summed E-state index contributed by atoms with van der Waals surface area (Å²) < 4.78 is 24.3. The largest absolute Gasteiger partial charge is 0.459 e. The van der Waals surface area contributed by atoms with Gasteiger partial charge >= 0.3 is 18.2 Å². The molecule has 52 heavy (non-hydrogen) atoms. The van der Waals surface area contributed by atoms with Gasteiger partial charge in [0, 0.05) is 25.2 Å². The highest BCUT2D eigenvalue weighted by Crippen LogP contribution is 2.37. The number of carbonyl (C=O) groups is 3. The highest BCUT2D eigenvalue weighted by Gasteiger charge is 2.51. The van der Waals surface area contributed by atoms with E-state index in [9.17, 15) is 14.4 Å². The van der Waals surface area contributed by atoms with Gasteiger partial charge in [0.25, 0.3) is 8.32 Å². The number of nitrogens with one attached hydrogen (secondary N) is 2. The summed E-state index contributed by atoms with van der Waals surface area (Å²) in [5.74, 6) is -0.508. The molecule has 3 atom stereocenters. The Morgan fingerprint density at radius 2 is 1.29 bits per heavy atom. The fraction of sp³-hybridized carbons (Fsp3) is 0.488. The number of carbonyl (C=O) groups excluding carboxylic acids is 3. The van der Waals surface area contributed by atoms with Gasteiger partial charge in [-0.2, -0.15) is 0 Å². The zero-order valence-electron chi connectivity index (χ0n) is 32.2. The number of nitrogens with zero attached hydrogens (tertiary/aromatic N) is 1. The first kappa shape index (κ1) is 40.6.